The van der Waals surface area contributed by atoms with Gasteiger partial charge in [0, 0.05) is 24.8 Å². The number of esters is 3. The molecule has 310 valence electrons. The van der Waals surface area contributed by atoms with Crippen molar-refractivity contribution < 1.29 is 43.3 Å². The first-order valence-corrected chi connectivity index (χ1v) is 20.2. The van der Waals surface area contributed by atoms with Gasteiger partial charge < -0.3 is 29.5 Å². The molecule has 1 heterocycles. The Morgan fingerprint density at radius 2 is 1.10 bits per heavy atom. The number of aromatic nitrogens is 1. The molecule has 12 nitrogen and oxygen atoms in total. The van der Waals surface area contributed by atoms with Crippen LogP contribution in [0.1, 0.15) is 65.1 Å². The van der Waals surface area contributed by atoms with Crippen LogP contribution >= 0.6 is 11.3 Å². The molecule has 0 amide bonds. The molecule has 0 fully saturated rings. The Hall–Kier alpha value is -7.90. The molecule has 0 saturated carbocycles. The maximum Gasteiger partial charge on any atom is 0.360 e. The first kappa shape index (κ1) is 42.2. The van der Waals surface area contributed by atoms with Crippen molar-refractivity contribution in [2.24, 2.45) is 5.16 Å². The van der Waals surface area contributed by atoms with Gasteiger partial charge in [-0.2, -0.15) is 0 Å². The van der Waals surface area contributed by atoms with Crippen LogP contribution < -0.4 is 14.8 Å². The second-order valence-electron chi connectivity index (χ2n) is 13.8. The van der Waals surface area contributed by atoms with Gasteiger partial charge in [-0.05, 0) is 39.9 Å². The highest BCUT2D eigenvalue weighted by atomic mass is 32.1. The number of aliphatic carboxylic acids is 1. The van der Waals surface area contributed by atoms with Gasteiger partial charge in [-0.1, -0.05) is 163 Å². The van der Waals surface area contributed by atoms with Gasteiger partial charge in [0.1, 0.15) is 11.2 Å². The normalized spacial score (nSPS) is 11.9. The topological polar surface area (TPSA) is 163 Å². The summed E-state index contributed by atoms with van der Waals surface area (Å²) in [6, 6.07) is 51.5. The van der Waals surface area contributed by atoms with Crippen molar-refractivity contribution >= 4 is 46.1 Å². The molecule has 0 aliphatic heterocycles. The molecule has 1 atom stereocenters. The van der Waals surface area contributed by atoms with Crippen LogP contribution in [0, 0.1) is 0 Å². The summed E-state index contributed by atoms with van der Waals surface area (Å²) in [5.41, 5.74) is 2.41. The SMILES string of the molecule is CC(=O)Oc1ccc([C@H](O/N=C(\C(=O)O)c2csc(NC(c3ccccc3)(c3ccccc3)c3ccccc3)n2)C(=O)OC(c2ccccc2)c2ccccc2)cc1OC(C)=O. The summed E-state index contributed by atoms with van der Waals surface area (Å²) in [5.74, 6) is -4.20. The van der Waals surface area contributed by atoms with Crippen molar-refractivity contribution in [1.29, 1.82) is 0 Å². The number of rotatable bonds is 16. The molecular weight excluding hydrogens is 807 g/mol. The average molecular weight is 846 g/mol. The minimum absolute atomic E-state index is 0.0366. The summed E-state index contributed by atoms with van der Waals surface area (Å²) in [4.78, 5) is 61.9. The Balaban J connectivity index is 1.28. The molecule has 0 saturated heterocycles. The van der Waals surface area contributed by atoms with Crippen molar-refractivity contribution in [1.82, 2.24) is 4.98 Å². The van der Waals surface area contributed by atoms with Gasteiger partial charge in [-0.15, -0.1) is 11.3 Å². The van der Waals surface area contributed by atoms with Gasteiger partial charge >= 0.3 is 23.9 Å². The number of hydrogen-bond donors (Lipinski definition) is 2. The zero-order valence-electron chi connectivity index (χ0n) is 33.4. The lowest BCUT2D eigenvalue weighted by atomic mass is 9.77. The largest absolute Gasteiger partial charge is 0.476 e. The second kappa shape index (κ2) is 19.4. The van der Waals surface area contributed by atoms with Crippen LogP contribution in [0.25, 0.3) is 0 Å². The van der Waals surface area contributed by atoms with E-state index in [-0.39, 0.29) is 22.8 Å². The Bertz CT molecular complexity index is 2540. The summed E-state index contributed by atoms with van der Waals surface area (Å²) in [7, 11) is 0. The Morgan fingerprint density at radius 1 is 0.629 bits per heavy atom. The standard InChI is InChI=1S/C49H39N3O9S/c1-32(53)58-41-29-28-36(30-42(41)59-33(2)54)45(47(57)60-44(34-18-8-3-9-19-34)35-20-10-4-11-21-35)61-52-43(46(55)56)40-31-62-48(50-40)51-49(37-22-12-5-13-23-37,38-24-14-6-15-25-38)39-26-16-7-17-27-39/h3-31,44-45H,1-2H3,(H,50,51)(H,55,56)/b52-43-/t45-/m0/s1. The van der Waals surface area contributed by atoms with E-state index in [1.165, 1.54) is 30.5 Å². The molecular formula is C49H39N3O9S. The number of carboxylic acids is 1. The summed E-state index contributed by atoms with van der Waals surface area (Å²) in [6.07, 6.45) is -2.66. The molecule has 13 heteroatoms. The van der Waals surface area contributed by atoms with Crippen molar-refractivity contribution in [3.8, 4) is 11.5 Å². The maximum atomic E-state index is 14.4. The quantitative estimate of drug-likeness (QED) is 0.0313. The van der Waals surface area contributed by atoms with Gasteiger partial charge in [0.2, 0.25) is 11.8 Å². The highest BCUT2D eigenvalue weighted by molar-refractivity contribution is 7.14. The number of thiazole rings is 1. The Morgan fingerprint density at radius 3 is 1.56 bits per heavy atom. The predicted molar refractivity (Wildman–Crippen MR) is 233 cm³/mol. The molecule has 6 aromatic carbocycles. The summed E-state index contributed by atoms with van der Waals surface area (Å²) in [6.45, 7) is 2.33. The molecule has 0 aliphatic carbocycles. The number of anilines is 1. The second-order valence-corrected chi connectivity index (χ2v) is 14.6. The van der Waals surface area contributed by atoms with Gasteiger partial charge in [0.05, 0.1) is 0 Å². The number of carbonyl (C=O) groups excluding carboxylic acids is 3. The van der Waals surface area contributed by atoms with Gasteiger partial charge in [0.25, 0.3) is 0 Å². The molecule has 1 aromatic heterocycles. The van der Waals surface area contributed by atoms with E-state index in [1.807, 2.05) is 103 Å². The molecule has 7 rings (SSSR count). The molecule has 62 heavy (non-hydrogen) atoms. The number of nitrogens with one attached hydrogen (secondary N) is 1. The zero-order chi connectivity index (χ0) is 43.5. The van der Waals surface area contributed by atoms with E-state index in [4.69, 9.17) is 24.0 Å². The van der Waals surface area contributed by atoms with Crippen molar-refractivity contribution in [3.05, 3.63) is 214 Å². The number of oxime groups is 1. The third kappa shape index (κ3) is 9.75. The number of nitrogens with zero attached hydrogens (tertiary/aromatic N) is 2. The van der Waals surface area contributed by atoms with Gasteiger partial charge in [-0.3, -0.25) is 9.59 Å². The molecule has 2 N–H and O–H groups in total. The summed E-state index contributed by atoms with van der Waals surface area (Å²) < 4.78 is 16.7. The highest BCUT2D eigenvalue weighted by Gasteiger charge is 2.38. The maximum absolute atomic E-state index is 14.4. The van der Waals surface area contributed by atoms with Gasteiger partial charge in [-0.25, -0.2) is 14.6 Å². The minimum atomic E-state index is -1.74. The molecule has 0 unspecified atom stereocenters. The molecule has 0 radical (unpaired) electrons. The predicted octanol–water partition coefficient (Wildman–Crippen LogP) is 9.28. The van der Waals surface area contributed by atoms with Crippen LogP contribution in [-0.4, -0.2) is 39.7 Å². The zero-order valence-corrected chi connectivity index (χ0v) is 34.2. The smallest absolute Gasteiger partial charge is 0.360 e. The van der Waals surface area contributed by atoms with Gasteiger partial charge in [0.15, 0.2) is 22.7 Å². The fourth-order valence-electron chi connectivity index (χ4n) is 6.85. The van der Waals surface area contributed by atoms with Crippen molar-refractivity contribution in [2.45, 2.75) is 31.6 Å². The van der Waals surface area contributed by atoms with E-state index >= 15 is 0 Å². The highest BCUT2D eigenvalue weighted by Crippen LogP contribution is 2.41. The average Bonchev–Trinajstić information content (AvgIpc) is 3.75. The van der Waals surface area contributed by atoms with E-state index in [0.29, 0.717) is 16.3 Å². The van der Waals surface area contributed by atoms with Crippen LogP contribution in [0.3, 0.4) is 0 Å². The Labute approximate surface area is 361 Å². The van der Waals surface area contributed by atoms with Crippen molar-refractivity contribution in [2.75, 3.05) is 5.32 Å². The summed E-state index contributed by atoms with van der Waals surface area (Å²) in [5, 5.41) is 20.1. The first-order valence-electron chi connectivity index (χ1n) is 19.3. The minimum Gasteiger partial charge on any atom is -0.476 e. The number of carbonyl (C=O) groups is 4. The lowest BCUT2D eigenvalue weighted by molar-refractivity contribution is -0.162. The van der Waals surface area contributed by atoms with E-state index < -0.39 is 47.3 Å². The van der Waals surface area contributed by atoms with E-state index in [0.717, 1.165) is 35.0 Å². The fraction of sp³-hybridized carbons (Fsp3) is 0.102. The van der Waals surface area contributed by atoms with Crippen LogP contribution in [0.2, 0.25) is 0 Å². The fourth-order valence-corrected chi connectivity index (χ4v) is 7.60. The van der Waals surface area contributed by atoms with E-state index in [9.17, 15) is 24.3 Å². The third-order valence-corrected chi connectivity index (χ3v) is 10.3. The van der Waals surface area contributed by atoms with Crippen LogP contribution in [-0.2, 0) is 34.3 Å². The molecule has 0 aliphatic rings. The van der Waals surface area contributed by atoms with Crippen LogP contribution in [0.5, 0.6) is 11.5 Å². The number of ether oxygens (including phenoxy) is 3. The molecule has 0 spiro atoms. The van der Waals surface area contributed by atoms with Crippen LogP contribution in [0.15, 0.2) is 180 Å². The molecule has 7 aromatic rings. The van der Waals surface area contributed by atoms with E-state index in [2.05, 4.69) is 10.5 Å². The number of carboxylic acid groups (broad SMARTS) is 1. The molecule has 0 bridgehead atoms. The van der Waals surface area contributed by atoms with Crippen LogP contribution in [0.4, 0.5) is 5.13 Å². The monoisotopic (exact) mass is 845 g/mol. The Kier molecular flexibility index (Phi) is 13.2. The van der Waals surface area contributed by atoms with E-state index in [1.54, 1.807) is 48.5 Å². The first-order chi connectivity index (χ1) is 30.1. The third-order valence-electron chi connectivity index (χ3n) is 9.54. The lowest BCUT2D eigenvalue weighted by Gasteiger charge is -2.36. The summed E-state index contributed by atoms with van der Waals surface area (Å²) >= 11 is 1.16. The number of benzene rings is 6. The number of hydrogen-bond acceptors (Lipinski definition) is 12. The van der Waals surface area contributed by atoms with Crippen molar-refractivity contribution in [3.63, 3.8) is 0 Å². The lowest BCUT2D eigenvalue weighted by Crippen LogP contribution is -2.38.